The Bertz CT molecular complexity index is 400. The largest absolute Gasteiger partial charge is 0.336 e. The maximum atomic E-state index is 11.8. The van der Waals surface area contributed by atoms with E-state index in [4.69, 9.17) is 5.26 Å². The number of amides is 1. The van der Waals surface area contributed by atoms with Crippen LogP contribution in [0.2, 0.25) is 0 Å². The highest BCUT2D eigenvalue weighted by atomic mass is 32.2. The molecular weight excluding hydrogens is 232 g/mol. The second kappa shape index (κ2) is 6.97. The Morgan fingerprint density at radius 1 is 1.47 bits per heavy atom. The summed E-state index contributed by atoms with van der Waals surface area (Å²) in [4.78, 5) is 11.8. The van der Waals surface area contributed by atoms with Crippen molar-refractivity contribution in [1.82, 2.24) is 5.32 Å². The molecule has 0 heterocycles. The van der Waals surface area contributed by atoms with Crippen molar-refractivity contribution in [3.8, 4) is 6.07 Å². The molecule has 90 valence electrons. The third-order valence-electron chi connectivity index (χ3n) is 2.41. The van der Waals surface area contributed by atoms with Crippen LogP contribution in [-0.2, 0) is 4.79 Å². The van der Waals surface area contributed by atoms with Gasteiger partial charge in [-0.05, 0) is 11.8 Å². The van der Waals surface area contributed by atoms with Gasteiger partial charge in [0.15, 0.2) is 0 Å². The highest BCUT2D eigenvalue weighted by molar-refractivity contribution is 7.98. The molecule has 0 aliphatic carbocycles. The molecule has 0 saturated heterocycles. The summed E-state index contributed by atoms with van der Waals surface area (Å²) in [6.07, 6.45) is 1.96. The molecule has 1 aromatic rings. The molecular formula is C13H16N2OS. The standard InChI is InChI=1S/C13H16N2OS/c1-10(9-17-2)13(16)15-12(8-14)11-6-4-3-5-7-11/h3-7,10,12H,9H2,1-2H3,(H,15,16). The summed E-state index contributed by atoms with van der Waals surface area (Å²) in [6, 6.07) is 10.8. The highest BCUT2D eigenvalue weighted by Crippen LogP contribution is 2.13. The number of hydrogen-bond donors (Lipinski definition) is 1. The number of carbonyl (C=O) groups excluding carboxylic acids is 1. The first-order valence-corrected chi connectivity index (χ1v) is 6.82. The minimum absolute atomic E-state index is 0.0743. The molecule has 0 saturated carbocycles. The number of nitrogens with one attached hydrogen (secondary N) is 1. The third-order valence-corrected chi connectivity index (χ3v) is 3.25. The van der Waals surface area contributed by atoms with Crippen molar-refractivity contribution in [1.29, 1.82) is 5.26 Å². The lowest BCUT2D eigenvalue weighted by Crippen LogP contribution is -2.33. The van der Waals surface area contributed by atoms with E-state index in [0.717, 1.165) is 11.3 Å². The lowest BCUT2D eigenvalue weighted by Gasteiger charge is -2.15. The SMILES string of the molecule is CSCC(C)C(=O)NC(C#N)c1ccccc1. The lowest BCUT2D eigenvalue weighted by atomic mass is 10.1. The molecule has 2 unspecified atom stereocenters. The van der Waals surface area contributed by atoms with E-state index < -0.39 is 6.04 Å². The van der Waals surface area contributed by atoms with Crippen LogP contribution in [0.15, 0.2) is 30.3 Å². The van der Waals surface area contributed by atoms with Gasteiger partial charge in [-0.1, -0.05) is 37.3 Å². The molecule has 0 aromatic heterocycles. The summed E-state index contributed by atoms with van der Waals surface area (Å²) >= 11 is 1.62. The number of rotatable bonds is 5. The molecule has 17 heavy (non-hydrogen) atoms. The fraction of sp³-hybridized carbons (Fsp3) is 0.385. The van der Waals surface area contributed by atoms with Crippen molar-refractivity contribution >= 4 is 17.7 Å². The Balaban J connectivity index is 2.66. The van der Waals surface area contributed by atoms with Gasteiger partial charge in [-0.15, -0.1) is 0 Å². The number of nitrogens with zero attached hydrogens (tertiary/aromatic N) is 1. The van der Waals surface area contributed by atoms with Crippen LogP contribution in [0, 0.1) is 17.2 Å². The Hall–Kier alpha value is -1.47. The second-order valence-electron chi connectivity index (χ2n) is 3.84. The van der Waals surface area contributed by atoms with Crippen molar-refractivity contribution in [2.75, 3.05) is 12.0 Å². The lowest BCUT2D eigenvalue weighted by molar-refractivity contribution is -0.124. The molecule has 1 N–H and O–H groups in total. The van der Waals surface area contributed by atoms with E-state index in [1.807, 2.05) is 43.5 Å². The fourth-order valence-electron chi connectivity index (χ4n) is 1.45. The summed E-state index contributed by atoms with van der Waals surface area (Å²) in [5.74, 6) is 0.609. The van der Waals surface area contributed by atoms with Crippen molar-refractivity contribution < 1.29 is 4.79 Å². The second-order valence-corrected chi connectivity index (χ2v) is 4.75. The Morgan fingerprint density at radius 3 is 2.65 bits per heavy atom. The van der Waals surface area contributed by atoms with Gasteiger partial charge in [0, 0.05) is 11.7 Å². The van der Waals surface area contributed by atoms with E-state index >= 15 is 0 Å². The minimum Gasteiger partial charge on any atom is -0.336 e. The van der Waals surface area contributed by atoms with Crippen molar-refractivity contribution in [3.63, 3.8) is 0 Å². The summed E-state index contributed by atoms with van der Waals surface area (Å²) in [7, 11) is 0. The average Bonchev–Trinajstić information content (AvgIpc) is 2.37. The van der Waals surface area contributed by atoms with Gasteiger partial charge in [0.1, 0.15) is 6.04 Å². The molecule has 0 bridgehead atoms. The van der Waals surface area contributed by atoms with Crippen molar-refractivity contribution in [3.05, 3.63) is 35.9 Å². The van der Waals surface area contributed by atoms with Crippen LogP contribution in [0.4, 0.5) is 0 Å². The zero-order valence-electron chi connectivity index (χ0n) is 10.0. The van der Waals surface area contributed by atoms with Gasteiger partial charge in [-0.3, -0.25) is 4.79 Å². The van der Waals surface area contributed by atoms with E-state index in [-0.39, 0.29) is 11.8 Å². The monoisotopic (exact) mass is 248 g/mol. The van der Waals surface area contributed by atoms with Crippen LogP contribution >= 0.6 is 11.8 Å². The quantitative estimate of drug-likeness (QED) is 0.870. The average molecular weight is 248 g/mol. The maximum absolute atomic E-state index is 11.8. The van der Waals surface area contributed by atoms with Crippen LogP contribution in [0.3, 0.4) is 0 Å². The minimum atomic E-state index is -0.562. The van der Waals surface area contributed by atoms with E-state index in [1.165, 1.54) is 0 Å². The van der Waals surface area contributed by atoms with E-state index in [0.29, 0.717) is 0 Å². The third kappa shape index (κ3) is 4.12. The van der Waals surface area contributed by atoms with Crippen LogP contribution in [-0.4, -0.2) is 17.9 Å². The Kier molecular flexibility index (Phi) is 5.58. The molecule has 4 heteroatoms. The molecule has 0 fully saturated rings. The van der Waals surface area contributed by atoms with Gasteiger partial charge in [0.2, 0.25) is 5.91 Å². The van der Waals surface area contributed by atoms with Gasteiger partial charge in [0.25, 0.3) is 0 Å². The van der Waals surface area contributed by atoms with Crippen molar-refractivity contribution in [2.45, 2.75) is 13.0 Å². The number of thioether (sulfide) groups is 1. The zero-order valence-corrected chi connectivity index (χ0v) is 10.8. The van der Waals surface area contributed by atoms with Gasteiger partial charge in [0.05, 0.1) is 6.07 Å². The predicted molar refractivity (Wildman–Crippen MR) is 70.5 cm³/mol. The summed E-state index contributed by atoms with van der Waals surface area (Å²) < 4.78 is 0. The number of carbonyl (C=O) groups is 1. The summed E-state index contributed by atoms with van der Waals surface area (Å²) in [6.45, 7) is 1.87. The summed E-state index contributed by atoms with van der Waals surface area (Å²) in [5, 5.41) is 11.8. The number of hydrogen-bond acceptors (Lipinski definition) is 3. The van der Waals surface area contributed by atoms with Gasteiger partial charge in [-0.2, -0.15) is 17.0 Å². The van der Waals surface area contributed by atoms with E-state index in [9.17, 15) is 4.79 Å². The van der Waals surface area contributed by atoms with Crippen LogP contribution in [0.1, 0.15) is 18.5 Å². The molecule has 1 rings (SSSR count). The topological polar surface area (TPSA) is 52.9 Å². The number of benzene rings is 1. The number of nitriles is 1. The normalized spacial score (nSPS) is 13.5. The highest BCUT2D eigenvalue weighted by Gasteiger charge is 2.17. The van der Waals surface area contributed by atoms with E-state index in [2.05, 4.69) is 11.4 Å². The molecule has 3 nitrogen and oxygen atoms in total. The molecule has 0 spiro atoms. The molecule has 2 atom stereocenters. The summed E-state index contributed by atoms with van der Waals surface area (Å²) in [5.41, 5.74) is 0.819. The first-order chi connectivity index (χ1) is 8.19. The first kappa shape index (κ1) is 13.6. The molecule has 1 aromatic carbocycles. The first-order valence-electron chi connectivity index (χ1n) is 5.43. The van der Waals surface area contributed by atoms with Gasteiger partial charge < -0.3 is 5.32 Å². The molecule has 0 radical (unpaired) electrons. The predicted octanol–water partition coefficient (Wildman–Crippen LogP) is 2.37. The van der Waals surface area contributed by atoms with E-state index in [1.54, 1.807) is 11.8 Å². The van der Waals surface area contributed by atoms with Gasteiger partial charge in [-0.25, -0.2) is 0 Å². The molecule has 0 aliphatic rings. The maximum Gasteiger partial charge on any atom is 0.224 e. The molecule has 1 amide bonds. The smallest absolute Gasteiger partial charge is 0.224 e. The van der Waals surface area contributed by atoms with Crippen LogP contribution in [0.25, 0.3) is 0 Å². The fourth-order valence-corrected chi connectivity index (χ4v) is 2.10. The Morgan fingerprint density at radius 2 is 2.12 bits per heavy atom. The Labute approximate surface area is 106 Å². The van der Waals surface area contributed by atoms with Gasteiger partial charge >= 0.3 is 0 Å². The van der Waals surface area contributed by atoms with Crippen molar-refractivity contribution in [2.24, 2.45) is 5.92 Å². The van der Waals surface area contributed by atoms with Crippen LogP contribution < -0.4 is 5.32 Å². The van der Waals surface area contributed by atoms with Crippen LogP contribution in [0.5, 0.6) is 0 Å². The molecule has 0 aliphatic heterocycles. The zero-order chi connectivity index (χ0) is 12.7.